The fourth-order valence-electron chi connectivity index (χ4n) is 3.82. The molecule has 0 radical (unpaired) electrons. The Morgan fingerprint density at radius 1 is 1.18 bits per heavy atom. The lowest BCUT2D eigenvalue weighted by Gasteiger charge is -2.28. The van der Waals surface area contributed by atoms with Crippen LogP contribution < -0.4 is 21.9 Å². The van der Waals surface area contributed by atoms with Gasteiger partial charge in [0.2, 0.25) is 5.91 Å². The summed E-state index contributed by atoms with van der Waals surface area (Å²) in [4.78, 5) is 46.7. The van der Waals surface area contributed by atoms with Crippen molar-refractivity contribution in [1.82, 2.24) is 14.5 Å². The summed E-state index contributed by atoms with van der Waals surface area (Å²) in [6.45, 7) is 7.72. The van der Waals surface area contributed by atoms with Crippen molar-refractivity contribution in [3.05, 3.63) is 66.9 Å². The first kappa shape index (κ1) is 25.5. The average Bonchev–Trinajstić information content (AvgIpc) is 3.44. The zero-order valence-electron chi connectivity index (χ0n) is 20.0. The maximum absolute atomic E-state index is 13.6. The van der Waals surface area contributed by atoms with E-state index in [1.165, 1.54) is 14.3 Å². The molecule has 9 nitrogen and oxygen atoms in total. The van der Waals surface area contributed by atoms with Gasteiger partial charge in [0.25, 0.3) is 5.56 Å². The highest BCUT2D eigenvalue weighted by atomic mass is 32.1. The van der Waals surface area contributed by atoms with Gasteiger partial charge in [-0.05, 0) is 44.0 Å². The van der Waals surface area contributed by atoms with E-state index in [4.69, 9.17) is 10.2 Å². The van der Waals surface area contributed by atoms with Crippen LogP contribution in [0.1, 0.15) is 48.6 Å². The number of carbonyl (C=O) groups excluding carboxylic acids is 1. The van der Waals surface area contributed by atoms with Crippen LogP contribution in [-0.2, 0) is 24.4 Å². The van der Waals surface area contributed by atoms with Gasteiger partial charge < -0.3 is 15.1 Å². The minimum Gasteiger partial charge on any atom is -0.468 e. The van der Waals surface area contributed by atoms with E-state index in [-0.39, 0.29) is 24.0 Å². The number of aromatic amines is 1. The van der Waals surface area contributed by atoms with Crippen LogP contribution >= 0.6 is 11.3 Å². The number of aromatic nitrogens is 2. The molecule has 0 saturated heterocycles. The normalized spacial score (nSPS) is 11.3. The Kier molecular flexibility index (Phi) is 8.89. The van der Waals surface area contributed by atoms with Gasteiger partial charge in [-0.2, -0.15) is 0 Å². The van der Waals surface area contributed by atoms with E-state index < -0.39 is 11.2 Å². The van der Waals surface area contributed by atoms with Crippen LogP contribution in [0.25, 0.3) is 0 Å². The molecule has 0 aromatic carbocycles. The highest BCUT2D eigenvalue weighted by molar-refractivity contribution is 7.11. The minimum atomic E-state index is -0.647. The van der Waals surface area contributed by atoms with Crippen molar-refractivity contribution in [2.24, 2.45) is 0 Å². The molecule has 184 valence electrons. The van der Waals surface area contributed by atoms with E-state index in [9.17, 15) is 14.4 Å². The second-order valence-electron chi connectivity index (χ2n) is 8.28. The third kappa shape index (κ3) is 6.27. The lowest BCUT2D eigenvalue weighted by molar-refractivity contribution is -0.120. The van der Waals surface area contributed by atoms with Crippen molar-refractivity contribution >= 4 is 28.7 Å². The Balaban J connectivity index is 1.93. The third-order valence-electron chi connectivity index (χ3n) is 5.46. The van der Waals surface area contributed by atoms with Crippen LogP contribution in [-0.4, -0.2) is 33.4 Å². The van der Waals surface area contributed by atoms with Crippen LogP contribution in [0.3, 0.4) is 0 Å². The zero-order chi connectivity index (χ0) is 24.7. The second kappa shape index (κ2) is 11.8. The predicted octanol–water partition coefficient (Wildman–Crippen LogP) is 3.33. The summed E-state index contributed by atoms with van der Waals surface area (Å²) in [5.74, 6) is 0.508. The Morgan fingerprint density at radius 3 is 2.59 bits per heavy atom. The molecule has 34 heavy (non-hydrogen) atoms. The van der Waals surface area contributed by atoms with Crippen molar-refractivity contribution in [1.29, 1.82) is 0 Å². The molecule has 3 heterocycles. The van der Waals surface area contributed by atoms with E-state index in [1.54, 1.807) is 17.6 Å². The molecule has 0 aliphatic heterocycles. The lowest BCUT2D eigenvalue weighted by Crippen LogP contribution is -2.45. The largest absolute Gasteiger partial charge is 0.468 e. The number of unbranched alkanes of at least 4 members (excludes halogenated alkanes) is 1. The van der Waals surface area contributed by atoms with Crippen LogP contribution in [0.5, 0.6) is 0 Å². The number of H-pyrrole nitrogens is 1. The summed E-state index contributed by atoms with van der Waals surface area (Å²) in [7, 11) is 0. The second-order valence-corrected chi connectivity index (χ2v) is 9.65. The number of nitrogens with zero attached hydrogens (tertiary/aromatic N) is 3. The van der Waals surface area contributed by atoms with Crippen LogP contribution in [0.2, 0.25) is 0 Å². The number of hydrogen-bond donors (Lipinski definition) is 2. The molecule has 0 aliphatic carbocycles. The summed E-state index contributed by atoms with van der Waals surface area (Å²) in [6, 6.07) is 7.79. The number of aryl methyl sites for hydroxylation is 1. The monoisotopic (exact) mass is 487 g/mol. The minimum absolute atomic E-state index is 0.0199. The highest BCUT2D eigenvalue weighted by Gasteiger charge is 2.26. The maximum Gasteiger partial charge on any atom is 0.330 e. The van der Waals surface area contributed by atoms with Gasteiger partial charge in [0, 0.05) is 29.4 Å². The van der Waals surface area contributed by atoms with E-state index in [0.29, 0.717) is 39.0 Å². The van der Waals surface area contributed by atoms with E-state index in [2.05, 4.69) is 17.1 Å². The molecule has 3 rings (SSSR count). The fourth-order valence-corrected chi connectivity index (χ4v) is 4.75. The summed E-state index contributed by atoms with van der Waals surface area (Å²) in [6.07, 6.45) is 3.80. The molecule has 10 heteroatoms. The maximum atomic E-state index is 13.6. The van der Waals surface area contributed by atoms with Crippen LogP contribution in [0.4, 0.5) is 11.5 Å². The van der Waals surface area contributed by atoms with Gasteiger partial charge in [-0.25, -0.2) is 4.79 Å². The number of thiophene rings is 1. The average molecular weight is 488 g/mol. The first-order chi connectivity index (χ1) is 16.3. The molecular formula is C24H33N5O4S. The molecule has 0 atom stereocenters. The molecular weight excluding hydrogens is 454 g/mol. The standard InChI is InChI=1S/C24H33N5O4S/c1-4-6-12-28(21-22(25)29(11-5-2)24(32)26-23(21)31)20(30)16-27(14-18-8-7-13-33-18)15-19-10-9-17(3)34-19/h7-10,13H,4-6,11-12,14-16,25H2,1-3H3,(H,26,31,32). The zero-order valence-corrected chi connectivity index (χ0v) is 20.8. The number of rotatable bonds is 12. The van der Waals surface area contributed by atoms with Gasteiger partial charge in [0.15, 0.2) is 5.69 Å². The molecule has 3 N–H and O–H groups in total. The first-order valence-electron chi connectivity index (χ1n) is 11.6. The van der Waals surface area contributed by atoms with Crippen molar-refractivity contribution < 1.29 is 9.21 Å². The van der Waals surface area contributed by atoms with Gasteiger partial charge in [-0.15, -0.1) is 11.3 Å². The van der Waals surface area contributed by atoms with Gasteiger partial charge in [-0.3, -0.25) is 24.0 Å². The number of nitrogens with two attached hydrogens (primary N) is 1. The molecule has 0 saturated carbocycles. The summed E-state index contributed by atoms with van der Waals surface area (Å²) in [5, 5.41) is 0. The number of amides is 1. The lowest BCUT2D eigenvalue weighted by atomic mass is 10.2. The molecule has 0 aliphatic rings. The van der Waals surface area contributed by atoms with Crippen molar-refractivity contribution in [3.63, 3.8) is 0 Å². The first-order valence-corrected chi connectivity index (χ1v) is 12.4. The highest BCUT2D eigenvalue weighted by Crippen LogP contribution is 2.21. The Labute approximate surface area is 202 Å². The number of hydrogen-bond acceptors (Lipinski definition) is 7. The van der Waals surface area contributed by atoms with Gasteiger partial charge in [-0.1, -0.05) is 20.3 Å². The Bertz CT molecular complexity index is 1190. The molecule has 1 amide bonds. The van der Waals surface area contributed by atoms with E-state index in [0.717, 1.165) is 17.1 Å². The SMILES string of the molecule is CCCCN(C(=O)CN(Cc1ccco1)Cc1ccc(C)s1)c1c(N)n(CCC)c(=O)[nH]c1=O. The molecule has 3 aromatic rings. The van der Waals surface area contributed by atoms with Gasteiger partial charge >= 0.3 is 5.69 Å². The molecule has 0 fully saturated rings. The van der Waals surface area contributed by atoms with Crippen LogP contribution in [0.15, 0.2) is 44.5 Å². The van der Waals surface area contributed by atoms with Crippen molar-refractivity contribution in [3.8, 4) is 0 Å². The predicted molar refractivity (Wildman–Crippen MR) is 135 cm³/mol. The molecule has 0 bridgehead atoms. The van der Waals surface area contributed by atoms with E-state index in [1.807, 2.05) is 37.8 Å². The number of furan rings is 1. The molecule has 3 aromatic heterocycles. The van der Waals surface area contributed by atoms with Crippen molar-refractivity contribution in [2.45, 2.75) is 59.7 Å². The topological polar surface area (TPSA) is 118 Å². The Hall–Kier alpha value is -3.11. The van der Waals surface area contributed by atoms with E-state index >= 15 is 0 Å². The number of nitrogens with one attached hydrogen (secondary N) is 1. The molecule has 0 spiro atoms. The summed E-state index contributed by atoms with van der Waals surface area (Å²) >= 11 is 1.68. The van der Waals surface area contributed by atoms with Gasteiger partial charge in [0.05, 0.1) is 19.4 Å². The smallest absolute Gasteiger partial charge is 0.330 e. The van der Waals surface area contributed by atoms with Crippen molar-refractivity contribution in [2.75, 3.05) is 23.7 Å². The number of carbonyl (C=O) groups is 1. The van der Waals surface area contributed by atoms with Gasteiger partial charge in [0.1, 0.15) is 11.6 Å². The quantitative estimate of drug-likeness (QED) is 0.405. The fraction of sp³-hybridized carbons (Fsp3) is 0.458. The Morgan fingerprint density at radius 2 is 1.97 bits per heavy atom. The summed E-state index contributed by atoms with van der Waals surface area (Å²) < 4.78 is 6.83. The third-order valence-corrected chi connectivity index (χ3v) is 6.45. The number of anilines is 2. The van der Waals surface area contributed by atoms with Crippen LogP contribution in [0, 0.1) is 6.92 Å². The summed E-state index contributed by atoms with van der Waals surface area (Å²) in [5.41, 5.74) is 5.10. The molecule has 0 unspecified atom stereocenters. The number of nitrogen functional groups attached to an aromatic ring is 1.